The SMILES string of the molecule is CCCCCc1ccc(C(=O)N2CCC[C@H]2c2nc(-c3cccc(OC)c3)no2)cc1. The van der Waals surface area contributed by atoms with Gasteiger partial charge in [0.2, 0.25) is 11.7 Å². The predicted molar refractivity (Wildman–Crippen MR) is 119 cm³/mol. The average molecular weight is 420 g/mol. The van der Waals surface area contributed by atoms with Crippen LogP contribution in [-0.2, 0) is 6.42 Å². The Morgan fingerprint density at radius 1 is 1.19 bits per heavy atom. The molecule has 1 atom stereocenters. The highest BCUT2D eigenvalue weighted by Gasteiger charge is 2.34. The second-order valence-electron chi connectivity index (χ2n) is 8.00. The third-order valence-electron chi connectivity index (χ3n) is 5.84. The van der Waals surface area contributed by atoms with Gasteiger partial charge in [-0.25, -0.2) is 0 Å². The normalized spacial score (nSPS) is 15.9. The summed E-state index contributed by atoms with van der Waals surface area (Å²) in [4.78, 5) is 19.6. The highest BCUT2D eigenvalue weighted by Crippen LogP contribution is 2.33. The summed E-state index contributed by atoms with van der Waals surface area (Å²) in [5.41, 5.74) is 2.81. The largest absolute Gasteiger partial charge is 0.497 e. The van der Waals surface area contributed by atoms with Crippen LogP contribution in [0.25, 0.3) is 11.4 Å². The molecule has 6 nitrogen and oxygen atoms in total. The zero-order chi connectivity index (χ0) is 21.6. The van der Waals surface area contributed by atoms with Crippen molar-refractivity contribution in [1.29, 1.82) is 0 Å². The molecule has 3 aromatic rings. The van der Waals surface area contributed by atoms with E-state index in [9.17, 15) is 4.79 Å². The molecule has 0 aliphatic carbocycles. The number of hydrogen-bond acceptors (Lipinski definition) is 5. The van der Waals surface area contributed by atoms with Gasteiger partial charge in [-0.3, -0.25) is 4.79 Å². The van der Waals surface area contributed by atoms with Gasteiger partial charge in [0.15, 0.2) is 0 Å². The number of aromatic nitrogens is 2. The van der Waals surface area contributed by atoms with Gasteiger partial charge in [0.05, 0.1) is 7.11 Å². The first kappa shape index (κ1) is 21.1. The van der Waals surface area contributed by atoms with Crippen molar-refractivity contribution in [2.45, 2.75) is 51.5 Å². The van der Waals surface area contributed by atoms with Crippen LogP contribution in [0, 0.1) is 0 Å². The number of rotatable bonds is 8. The molecule has 0 radical (unpaired) electrons. The molecule has 0 N–H and O–H groups in total. The van der Waals surface area contributed by atoms with Gasteiger partial charge < -0.3 is 14.2 Å². The smallest absolute Gasteiger partial charge is 0.254 e. The fraction of sp³-hybridized carbons (Fsp3) is 0.400. The van der Waals surface area contributed by atoms with Crippen LogP contribution in [-0.4, -0.2) is 34.6 Å². The summed E-state index contributed by atoms with van der Waals surface area (Å²) in [6.07, 6.45) is 6.43. The summed E-state index contributed by atoms with van der Waals surface area (Å²) >= 11 is 0. The van der Waals surface area contributed by atoms with Gasteiger partial charge in [-0.2, -0.15) is 4.98 Å². The number of hydrogen-bond donors (Lipinski definition) is 0. The molecule has 1 saturated heterocycles. The van der Waals surface area contributed by atoms with Crippen LogP contribution in [0.1, 0.15) is 66.9 Å². The third kappa shape index (κ3) is 4.79. The van der Waals surface area contributed by atoms with Crippen molar-refractivity contribution in [3.8, 4) is 17.1 Å². The van der Waals surface area contributed by atoms with Gasteiger partial charge in [0.1, 0.15) is 11.8 Å². The molecule has 0 spiro atoms. The van der Waals surface area contributed by atoms with Crippen molar-refractivity contribution in [2.75, 3.05) is 13.7 Å². The van der Waals surface area contributed by atoms with Gasteiger partial charge in [-0.05, 0) is 55.5 Å². The molecule has 0 saturated carbocycles. The van der Waals surface area contributed by atoms with E-state index in [1.54, 1.807) is 7.11 Å². The number of amides is 1. The molecule has 1 aliphatic heterocycles. The number of likely N-dealkylation sites (tertiary alicyclic amines) is 1. The van der Waals surface area contributed by atoms with E-state index in [0.717, 1.165) is 30.6 Å². The Hall–Kier alpha value is -3.15. The summed E-state index contributed by atoms with van der Waals surface area (Å²) < 4.78 is 10.8. The van der Waals surface area contributed by atoms with E-state index in [-0.39, 0.29) is 11.9 Å². The second-order valence-corrected chi connectivity index (χ2v) is 8.00. The molecular weight excluding hydrogens is 390 g/mol. The standard InChI is InChI=1S/C25H29N3O3/c1-3-4-5-8-18-12-14-19(15-13-18)25(29)28-16-7-11-22(28)24-26-23(27-31-24)20-9-6-10-21(17-20)30-2/h6,9-10,12-15,17,22H,3-5,7-8,11,16H2,1-2H3/t22-/m0/s1. The summed E-state index contributed by atoms with van der Waals surface area (Å²) in [6.45, 7) is 2.90. The summed E-state index contributed by atoms with van der Waals surface area (Å²) in [6, 6.07) is 15.4. The van der Waals surface area contributed by atoms with Crippen molar-refractivity contribution in [2.24, 2.45) is 0 Å². The maximum atomic E-state index is 13.2. The van der Waals surface area contributed by atoms with Crippen LogP contribution in [0.5, 0.6) is 5.75 Å². The quantitative estimate of drug-likeness (QED) is 0.454. The lowest BCUT2D eigenvalue weighted by molar-refractivity contribution is 0.0710. The summed E-state index contributed by atoms with van der Waals surface area (Å²) in [5, 5.41) is 4.14. The Kier molecular flexibility index (Phi) is 6.65. The number of carbonyl (C=O) groups excluding carboxylic acids is 1. The maximum Gasteiger partial charge on any atom is 0.254 e. The molecule has 2 aromatic carbocycles. The number of methoxy groups -OCH3 is 1. The molecular formula is C25H29N3O3. The Bertz CT molecular complexity index is 1010. The van der Waals surface area contributed by atoms with Crippen LogP contribution in [0.4, 0.5) is 0 Å². The first-order chi connectivity index (χ1) is 15.2. The number of ether oxygens (including phenoxy) is 1. The molecule has 1 fully saturated rings. The molecule has 4 rings (SSSR count). The predicted octanol–water partition coefficient (Wildman–Crippen LogP) is 5.46. The van der Waals surface area contributed by atoms with Crippen molar-refractivity contribution in [1.82, 2.24) is 15.0 Å². The number of aryl methyl sites for hydroxylation is 1. The lowest BCUT2D eigenvalue weighted by Gasteiger charge is -2.22. The van der Waals surface area contributed by atoms with Crippen molar-refractivity contribution in [3.05, 3.63) is 65.5 Å². The third-order valence-corrected chi connectivity index (χ3v) is 5.84. The number of nitrogens with zero attached hydrogens (tertiary/aromatic N) is 3. The van der Waals surface area contributed by atoms with Crippen LogP contribution < -0.4 is 4.74 Å². The van der Waals surface area contributed by atoms with Crippen LogP contribution in [0.15, 0.2) is 53.1 Å². The zero-order valence-corrected chi connectivity index (χ0v) is 18.2. The maximum absolute atomic E-state index is 13.2. The highest BCUT2D eigenvalue weighted by molar-refractivity contribution is 5.94. The molecule has 1 aromatic heterocycles. The fourth-order valence-corrected chi connectivity index (χ4v) is 4.08. The van der Waals surface area contributed by atoms with Crippen molar-refractivity contribution < 1.29 is 14.1 Å². The van der Waals surface area contributed by atoms with E-state index >= 15 is 0 Å². The van der Waals surface area contributed by atoms with E-state index in [0.29, 0.717) is 23.8 Å². The van der Waals surface area contributed by atoms with Gasteiger partial charge in [-0.1, -0.05) is 49.2 Å². The van der Waals surface area contributed by atoms with E-state index in [4.69, 9.17) is 9.26 Å². The molecule has 2 heterocycles. The molecule has 1 amide bonds. The Labute approximate surface area is 183 Å². The summed E-state index contributed by atoms with van der Waals surface area (Å²) in [5.74, 6) is 1.74. The van der Waals surface area contributed by atoms with Gasteiger partial charge in [0.25, 0.3) is 5.91 Å². The van der Waals surface area contributed by atoms with Gasteiger partial charge in [0, 0.05) is 17.7 Å². The highest BCUT2D eigenvalue weighted by atomic mass is 16.5. The van der Waals surface area contributed by atoms with Gasteiger partial charge >= 0.3 is 0 Å². The van der Waals surface area contributed by atoms with E-state index < -0.39 is 0 Å². The van der Waals surface area contributed by atoms with Crippen LogP contribution in [0.2, 0.25) is 0 Å². The van der Waals surface area contributed by atoms with Crippen LogP contribution in [0.3, 0.4) is 0 Å². The zero-order valence-electron chi connectivity index (χ0n) is 18.2. The average Bonchev–Trinajstić information content (AvgIpc) is 3.49. The minimum absolute atomic E-state index is 0.0174. The Morgan fingerprint density at radius 2 is 2.03 bits per heavy atom. The lowest BCUT2D eigenvalue weighted by Crippen LogP contribution is -2.30. The Morgan fingerprint density at radius 3 is 2.81 bits per heavy atom. The number of unbranched alkanes of at least 4 members (excludes halogenated alkanes) is 2. The monoisotopic (exact) mass is 419 g/mol. The van der Waals surface area contributed by atoms with E-state index in [2.05, 4.69) is 29.2 Å². The first-order valence-electron chi connectivity index (χ1n) is 11.1. The second kappa shape index (κ2) is 9.77. The first-order valence-corrected chi connectivity index (χ1v) is 11.1. The van der Waals surface area contributed by atoms with Gasteiger partial charge in [-0.15, -0.1) is 0 Å². The molecule has 162 valence electrons. The lowest BCUT2D eigenvalue weighted by atomic mass is 10.0. The van der Waals surface area contributed by atoms with Crippen molar-refractivity contribution >= 4 is 5.91 Å². The minimum atomic E-state index is -0.191. The number of benzene rings is 2. The van der Waals surface area contributed by atoms with E-state index in [1.807, 2.05) is 41.3 Å². The molecule has 6 heteroatoms. The number of carbonyl (C=O) groups is 1. The molecule has 31 heavy (non-hydrogen) atoms. The van der Waals surface area contributed by atoms with E-state index in [1.165, 1.54) is 24.8 Å². The molecule has 0 unspecified atom stereocenters. The van der Waals surface area contributed by atoms with Crippen LogP contribution >= 0.6 is 0 Å². The minimum Gasteiger partial charge on any atom is -0.497 e. The summed E-state index contributed by atoms with van der Waals surface area (Å²) in [7, 11) is 1.63. The molecule has 1 aliphatic rings. The molecule has 0 bridgehead atoms. The Balaban J connectivity index is 1.48. The fourth-order valence-electron chi connectivity index (χ4n) is 4.08. The van der Waals surface area contributed by atoms with Crippen molar-refractivity contribution in [3.63, 3.8) is 0 Å². The topological polar surface area (TPSA) is 68.5 Å².